The SMILES string of the molecule is CC(C)(C)c1ccc(OCCCC(=O)N2CCCC(CO)C2)cc1. The summed E-state index contributed by atoms with van der Waals surface area (Å²) >= 11 is 0. The van der Waals surface area contributed by atoms with Crippen LogP contribution in [0.15, 0.2) is 24.3 Å². The van der Waals surface area contributed by atoms with Crippen LogP contribution in [0, 0.1) is 5.92 Å². The van der Waals surface area contributed by atoms with Gasteiger partial charge in [0.05, 0.1) is 6.61 Å². The Bertz CT molecular complexity index is 519. The van der Waals surface area contributed by atoms with Gasteiger partial charge >= 0.3 is 0 Å². The number of rotatable bonds is 6. The molecule has 0 radical (unpaired) electrons. The number of benzene rings is 1. The Kier molecular flexibility index (Phi) is 6.67. The zero-order valence-electron chi connectivity index (χ0n) is 15.3. The maximum Gasteiger partial charge on any atom is 0.222 e. The molecule has 1 saturated heterocycles. The maximum absolute atomic E-state index is 12.2. The quantitative estimate of drug-likeness (QED) is 0.812. The lowest BCUT2D eigenvalue weighted by atomic mass is 9.87. The van der Waals surface area contributed by atoms with Crippen molar-refractivity contribution in [2.45, 2.75) is 51.9 Å². The summed E-state index contributed by atoms with van der Waals surface area (Å²) in [4.78, 5) is 14.1. The Morgan fingerprint density at radius 3 is 2.62 bits per heavy atom. The number of nitrogens with zero attached hydrogens (tertiary/aromatic N) is 1. The molecule has 0 aliphatic carbocycles. The normalized spacial score (nSPS) is 18.5. The summed E-state index contributed by atoms with van der Waals surface area (Å²) in [6, 6.07) is 8.20. The highest BCUT2D eigenvalue weighted by Gasteiger charge is 2.22. The Labute approximate surface area is 145 Å². The third-order valence-electron chi connectivity index (χ3n) is 4.65. The van der Waals surface area contributed by atoms with E-state index in [9.17, 15) is 9.90 Å². The van der Waals surface area contributed by atoms with Crippen molar-refractivity contribution in [3.05, 3.63) is 29.8 Å². The molecule has 4 heteroatoms. The van der Waals surface area contributed by atoms with Crippen LogP contribution in [-0.4, -0.2) is 42.2 Å². The second-order valence-corrected chi connectivity index (χ2v) is 7.76. The average molecular weight is 333 g/mol. The molecule has 1 amide bonds. The lowest BCUT2D eigenvalue weighted by Gasteiger charge is -2.31. The summed E-state index contributed by atoms with van der Waals surface area (Å²) in [7, 11) is 0. The molecule has 1 aromatic carbocycles. The van der Waals surface area contributed by atoms with Crippen LogP contribution in [-0.2, 0) is 10.2 Å². The number of amides is 1. The Hall–Kier alpha value is -1.55. The fourth-order valence-electron chi connectivity index (χ4n) is 3.06. The Morgan fingerprint density at radius 2 is 2.00 bits per heavy atom. The number of carbonyl (C=O) groups excluding carboxylic acids is 1. The van der Waals surface area contributed by atoms with Crippen molar-refractivity contribution in [1.29, 1.82) is 0 Å². The van der Waals surface area contributed by atoms with Crippen LogP contribution >= 0.6 is 0 Å². The third kappa shape index (κ3) is 5.52. The second kappa shape index (κ2) is 8.52. The predicted octanol–water partition coefficient (Wildman–Crippen LogP) is 3.37. The number of hydrogen-bond acceptors (Lipinski definition) is 3. The largest absolute Gasteiger partial charge is 0.494 e. The number of aliphatic hydroxyl groups excluding tert-OH is 1. The summed E-state index contributed by atoms with van der Waals surface area (Å²) in [6.45, 7) is 8.83. The maximum atomic E-state index is 12.2. The molecule has 134 valence electrons. The number of carbonyl (C=O) groups is 1. The minimum atomic E-state index is 0.145. The summed E-state index contributed by atoms with van der Waals surface area (Å²) in [6.07, 6.45) is 3.25. The van der Waals surface area contributed by atoms with Crippen molar-refractivity contribution < 1.29 is 14.6 Å². The third-order valence-corrected chi connectivity index (χ3v) is 4.65. The van der Waals surface area contributed by atoms with Crippen molar-refractivity contribution >= 4 is 5.91 Å². The number of aliphatic hydroxyl groups is 1. The molecule has 0 spiro atoms. The van der Waals surface area contributed by atoms with E-state index in [4.69, 9.17) is 4.74 Å². The topological polar surface area (TPSA) is 49.8 Å². The standard InChI is InChI=1S/C20H31NO3/c1-20(2,3)17-8-10-18(11-9-17)24-13-5-7-19(23)21-12-4-6-16(14-21)15-22/h8-11,16,22H,4-7,12-15H2,1-3H3. The number of piperidine rings is 1. The van der Waals surface area contributed by atoms with E-state index < -0.39 is 0 Å². The predicted molar refractivity (Wildman–Crippen MR) is 96.3 cm³/mol. The van der Waals surface area contributed by atoms with E-state index in [2.05, 4.69) is 32.9 Å². The van der Waals surface area contributed by atoms with Gasteiger partial charge in [-0.05, 0) is 48.3 Å². The molecule has 0 saturated carbocycles. The summed E-state index contributed by atoms with van der Waals surface area (Å²) in [5.74, 6) is 1.29. The lowest BCUT2D eigenvalue weighted by molar-refractivity contribution is -0.133. The van der Waals surface area contributed by atoms with Crippen molar-refractivity contribution in [3.63, 3.8) is 0 Å². The van der Waals surface area contributed by atoms with Gasteiger partial charge in [0, 0.05) is 26.1 Å². The van der Waals surface area contributed by atoms with Crippen LogP contribution in [0.4, 0.5) is 0 Å². The highest BCUT2D eigenvalue weighted by atomic mass is 16.5. The zero-order valence-corrected chi connectivity index (χ0v) is 15.3. The minimum Gasteiger partial charge on any atom is -0.494 e. The van der Waals surface area contributed by atoms with Crippen molar-refractivity contribution in [3.8, 4) is 5.75 Å². The average Bonchev–Trinajstić information content (AvgIpc) is 2.58. The summed E-state index contributed by atoms with van der Waals surface area (Å²) in [5.41, 5.74) is 1.43. The molecule has 1 atom stereocenters. The molecule has 1 fully saturated rings. The van der Waals surface area contributed by atoms with Crippen molar-refractivity contribution in [1.82, 2.24) is 4.90 Å². The highest BCUT2D eigenvalue weighted by molar-refractivity contribution is 5.76. The molecule has 4 nitrogen and oxygen atoms in total. The van der Waals surface area contributed by atoms with Gasteiger partial charge in [0.1, 0.15) is 5.75 Å². The smallest absolute Gasteiger partial charge is 0.222 e. The van der Waals surface area contributed by atoms with Gasteiger partial charge in [-0.2, -0.15) is 0 Å². The zero-order chi connectivity index (χ0) is 17.6. The van der Waals surface area contributed by atoms with E-state index in [1.54, 1.807) is 0 Å². The number of ether oxygens (including phenoxy) is 1. The molecular weight excluding hydrogens is 302 g/mol. The second-order valence-electron chi connectivity index (χ2n) is 7.76. The minimum absolute atomic E-state index is 0.145. The van der Waals surface area contributed by atoms with Gasteiger partial charge in [-0.3, -0.25) is 4.79 Å². The van der Waals surface area contributed by atoms with Crippen LogP contribution in [0.25, 0.3) is 0 Å². The van der Waals surface area contributed by atoms with Gasteiger partial charge in [-0.25, -0.2) is 0 Å². The molecule has 1 heterocycles. The van der Waals surface area contributed by atoms with Gasteiger partial charge in [-0.15, -0.1) is 0 Å². The molecule has 1 unspecified atom stereocenters. The van der Waals surface area contributed by atoms with Crippen LogP contribution in [0.2, 0.25) is 0 Å². The molecule has 2 rings (SSSR count). The Morgan fingerprint density at radius 1 is 1.29 bits per heavy atom. The van der Waals surface area contributed by atoms with Gasteiger partial charge in [0.2, 0.25) is 5.91 Å². The fraction of sp³-hybridized carbons (Fsp3) is 0.650. The first-order valence-corrected chi connectivity index (χ1v) is 9.02. The van der Waals surface area contributed by atoms with E-state index >= 15 is 0 Å². The fourth-order valence-corrected chi connectivity index (χ4v) is 3.06. The van der Waals surface area contributed by atoms with Gasteiger partial charge in [0.25, 0.3) is 0 Å². The summed E-state index contributed by atoms with van der Waals surface area (Å²) < 4.78 is 5.74. The molecule has 24 heavy (non-hydrogen) atoms. The lowest BCUT2D eigenvalue weighted by Crippen LogP contribution is -2.40. The molecule has 0 aromatic heterocycles. The van der Waals surface area contributed by atoms with Crippen LogP contribution in [0.1, 0.15) is 52.0 Å². The van der Waals surface area contributed by atoms with Crippen LogP contribution < -0.4 is 4.74 Å². The van der Waals surface area contributed by atoms with Crippen LogP contribution in [0.3, 0.4) is 0 Å². The van der Waals surface area contributed by atoms with Gasteiger partial charge in [-0.1, -0.05) is 32.9 Å². The molecule has 1 aliphatic heterocycles. The van der Waals surface area contributed by atoms with E-state index in [0.29, 0.717) is 19.6 Å². The van der Waals surface area contributed by atoms with E-state index in [0.717, 1.165) is 31.6 Å². The monoisotopic (exact) mass is 333 g/mol. The van der Waals surface area contributed by atoms with Gasteiger partial charge < -0.3 is 14.7 Å². The van der Waals surface area contributed by atoms with E-state index in [-0.39, 0.29) is 23.8 Å². The molecule has 1 aliphatic rings. The number of hydrogen-bond donors (Lipinski definition) is 1. The molecule has 0 bridgehead atoms. The van der Waals surface area contributed by atoms with Crippen LogP contribution in [0.5, 0.6) is 5.75 Å². The first-order chi connectivity index (χ1) is 11.4. The first kappa shape index (κ1) is 18.8. The molecular formula is C20H31NO3. The summed E-state index contributed by atoms with van der Waals surface area (Å²) in [5, 5.41) is 9.24. The van der Waals surface area contributed by atoms with E-state index in [1.807, 2.05) is 17.0 Å². The number of likely N-dealkylation sites (tertiary alicyclic amines) is 1. The molecule has 1 aromatic rings. The van der Waals surface area contributed by atoms with Gasteiger partial charge in [0.15, 0.2) is 0 Å². The highest BCUT2D eigenvalue weighted by Crippen LogP contribution is 2.24. The van der Waals surface area contributed by atoms with Crippen molar-refractivity contribution in [2.75, 3.05) is 26.3 Å². The van der Waals surface area contributed by atoms with Crippen molar-refractivity contribution in [2.24, 2.45) is 5.92 Å². The first-order valence-electron chi connectivity index (χ1n) is 9.02. The molecule has 1 N–H and O–H groups in total. The van der Waals surface area contributed by atoms with E-state index in [1.165, 1.54) is 5.56 Å². The Balaban J connectivity index is 1.70.